The molecule has 0 radical (unpaired) electrons. The van der Waals surface area contributed by atoms with Gasteiger partial charge in [0.25, 0.3) is 9.05 Å². The second-order valence-electron chi connectivity index (χ2n) is 5.05. The van der Waals surface area contributed by atoms with E-state index in [-0.39, 0.29) is 11.4 Å². The molecule has 1 N–H and O–H groups in total. The molecule has 0 spiro atoms. The zero-order chi connectivity index (χ0) is 16.5. The lowest BCUT2D eigenvalue weighted by molar-refractivity contribution is -0.123. The van der Waals surface area contributed by atoms with Crippen LogP contribution in [0.1, 0.15) is 19.4 Å². The number of hydrogen-bond acceptors (Lipinski definition) is 5. The predicted octanol–water partition coefficient (Wildman–Crippen LogP) is 1.05. The van der Waals surface area contributed by atoms with Gasteiger partial charge in [-0.25, -0.2) is 16.8 Å². The Morgan fingerprint density at radius 3 is 2.00 bits per heavy atom. The second kappa shape index (κ2) is 5.94. The van der Waals surface area contributed by atoms with Gasteiger partial charge >= 0.3 is 0 Å². The maximum absolute atomic E-state index is 11.9. The molecule has 1 amide bonds. The Balaban J connectivity index is 2.79. The molecule has 1 aromatic rings. The van der Waals surface area contributed by atoms with Crippen molar-refractivity contribution in [3.63, 3.8) is 0 Å². The summed E-state index contributed by atoms with van der Waals surface area (Å²) < 4.78 is 43.7. The molecular weight excluding hydrogens is 338 g/mol. The van der Waals surface area contributed by atoms with Crippen LogP contribution in [-0.4, -0.2) is 33.7 Å². The third kappa shape index (κ3) is 4.42. The molecular formula is C12H16ClNO5S2. The Morgan fingerprint density at radius 2 is 1.62 bits per heavy atom. The van der Waals surface area contributed by atoms with E-state index >= 15 is 0 Å². The highest BCUT2D eigenvalue weighted by atomic mass is 35.7. The summed E-state index contributed by atoms with van der Waals surface area (Å²) in [6.07, 6.45) is 0.993. The number of sulfone groups is 1. The fourth-order valence-corrected chi connectivity index (χ4v) is 2.51. The average molecular weight is 354 g/mol. The van der Waals surface area contributed by atoms with E-state index in [9.17, 15) is 21.6 Å². The Hall–Kier alpha value is -1.12. The van der Waals surface area contributed by atoms with Gasteiger partial charge in [-0.05, 0) is 31.5 Å². The fraction of sp³-hybridized carbons (Fsp3) is 0.417. The molecule has 0 saturated carbocycles. The molecule has 0 aliphatic heterocycles. The first-order valence-electron chi connectivity index (χ1n) is 5.87. The minimum Gasteiger partial charge on any atom is -0.351 e. The average Bonchev–Trinajstić information content (AvgIpc) is 2.33. The van der Waals surface area contributed by atoms with Crippen molar-refractivity contribution in [3.8, 4) is 0 Å². The van der Waals surface area contributed by atoms with E-state index in [1.807, 2.05) is 0 Å². The molecule has 6 nitrogen and oxygen atoms in total. The molecule has 21 heavy (non-hydrogen) atoms. The molecule has 0 atom stereocenters. The second-order valence-corrected chi connectivity index (χ2v) is 10.2. The fourth-order valence-electron chi connectivity index (χ4n) is 1.33. The van der Waals surface area contributed by atoms with Crippen molar-refractivity contribution >= 4 is 35.5 Å². The Kier molecular flexibility index (Phi) is 5.07. The topological polar surface area (TPSA) is 97.4 Å². The van der Waals surface area contributed by atoms with E-state index < -0.39 is 29.5 Å². The largest absolute Gasteiger partial charge is 0.351 e. The standard InChI is InChI=1S/C12H16ClNO5S2/c1-12(2,20(3,16)17)11(15)14-8-9-4-6-10(7-5-9)21(13,18)19/h4-7H,8H2,1-3H3,(H,14,15). The van der Waals surface area contributed by atoms with Gasteiger partial charge in [0.15, 0.2) is 9.84 Å². The minimum absolute atomic E-state index is 0.0456. The van der Waals surface area contributed by atoms with Crippen LogP contribution in [0.3, 0.4) is 0 Å². The van der Waals surface area contributed by atoms with Gasteiger partial charge < -0.3 is 5.32 Å². The van der Waals surface area contributed by atoms with Gasteiger partial charge in [-0.1, -0.05) is 12.1 Å². The molecule has 0 bridgehead atoms. The van der Waals surface area contributed by atoms with Crippen molar-refractivity contribution < 1.29 is 21.6 Å². The summed E-state index contributed by atoms with van der Waals surface area (Å²) in [5.41, 5.74) is 0.622. The van der Waals surface area contributed by atoms with Crippen LogP contribution in [0.2, 0.25) is 0 Å². The van der Waals surface area contributed by atoms with Crippen LogP contribution in [0.25, 0.3) is 0 Å². The number of benzene rings is 1. The number of carbonyl (C=O) groups is 1. The van der Waals surface area contributed by atoms with E-state index in [1.54, 1.807) is 0 Å². The Labute approximate surface area is 128 Å². The van der Waals surface area contributed by atoms with E-state index in [2.05, 4.69) is 5.32 Å². The number of carbonyl (C=O) groups excluding carboxylic acids is 1. The minimum atomic E-state index is -3.79. The lowest BCUT2D eigenvalue weighted by atomic mass is 10.1. The zero-order valence-corrected chi connectivity index (χ0v) is 14.1. The highest BCUT2D eigenvalue weighted by molar-refractivity contribution is 8.13. The lowest BCUT2D eigenvalue weighted by Gasteiger charge is -2.21. The van der Waals surface area contributed by atoms with Crippen molar-refractivity contribution in [2.75, 3.05) is 6.26 Å². The van der Waals surface area contributed by atoms with Crippen LogP contribution in [-0.2, 0) is 30.2 Å². The molecule has 0 heterocycles. The quantitative estimate of drug-likeness (QED) is 0.798. The van der Waals surface area contributed by atoms with Crippen LogP contribution in [0.4, 0.5) is 0 Å². The van der Waals surface area contributed by atoms with Crippen LogP contribution in [0, 0.1) is 0 Å². The number of halogens is 1. The molecule has 118 valence electrons. The number of amides is 1. The third-order valence-electron chi connectivity index (χ3n) is 3.13. The zero-order valence-electron chi connectivity index (χ0n) is 11.8. The molecule has 9 heteroatoms. The van der Waals surface area contributed by atoms with Crippen molar-refractivity contribution in [2.45, 2.75) is 30.0 Å². The first-order chi connectivity index (χ1) is 9.35. The SMILES string of the molecule is CC(C)(C(=O)NCc1ccc(S(=O)(=O)Cl)cc1)S(C)(=O)=O. The van der Waals surface area contributed by atoms with Gasteiger partial charge in [0.2, 0.25) is 5.91 Å². The molecule has 0 unspecified atom stereocenters. The van der Waals surface area contributed by atoms with Gasteiger partial charge in [-0.15, -0.1) is 0 Å². The van der Waals surface area contributed by atoms with Gasteiger partial charge in [-0.3, -0.25) is 4.79 Å². The molecule has 1 aromatic carbocycles. The smallest absolute Gasteiger partial charge is 0.261 e. The Morgan fingerprint density at radius 1 is 1.14 bits per heavy atom. The van der Waals surface area contributed by atoms with Crippen molar-refractivity contribution in [3.05, 3.63) is 29.8 Å². The van der Waals surface area contributed by atoms with Crippen molar-refractivity contribution in [2.24, 2.45) is 0 Å². The molecule has 0 aromatic heterocycles. The maximum atomic E-state index is 11.9. The molecule has 0 saturated heterocycles. The van der Waals surface area contributed by atoms with Crippen molar-refractivity contribution in [1.29, 1.82) is 0 Å². The monoisotopic (exact) mass is 353 g/mol. The van der Waals surface area contributed by atoms with Gasteiger partial charge in [-0.2, -0.15) is 0 Å². The van der Waals surface area contributed by atoms with E-state index in [1.165, 1.54) is 38.1 Å². The summed E-state index contributed by atoms with van der Waals surface area (Å²) in [7, 11) is -2.14. The normalized spacial score (nSPS) is 13.0. The summed E-state index contributed by atoms with van der Waals surface area (Å²) in [6.45, 7) is 2.72. The summed E-state index contributed by atoms with van der Waals surface area (Å²) in [5, 5.41) is 2.50. The number of rotatable bonds is 5. The van der Waals surface area contributed by atoms with E-state index in [4.69, 9.17) is 10.7 Å². The van der Waals surface area contributed by atoms with Crippen LogP contribution in [0.5, 0.6) is 0 Å². The third-order valence-corrected chi connectivity index (χ3v) is 6.54. The molecule has 0 aliphatic rings. The molecule has 0 fully saturated rings. The first kappa shape index (κ1) is 17.9. The van der Waals surface area contributed by atoms with E-state index in [0.717, 1.165) is 6.26 Å². The number of hydrogen-bond donors (Lipinski definition) is 1. The number of nitrogens with one attached hydrogen (secondary N) is 1. The van der Waals surface area contributed by atoms with Crippen LogP contribution < -0.4 is 5.32 Å². The lowest BCUT2D eigenvalue weighted by Crippen LogP contribution is -2.47. The summed E-state index contributed by atoms with van der Waals surface area (Å²) in [6, 6.07) is 5.60. The van der Waals surface area contributed by atoms with Crippen LogP contribution in [0.15, 0.2) is 29.2 Å². The highest BCUT2D eigenvalue weighted by Crippen LogP contribution is 2.17. The Bertz CT molecular complexity index is 736. The molecule has 0 aliphatic carbocycles. The van der Waals surface area contributed by atoms with Gasteiger partial charge in [0.05, 0.1) is 4.90 Å². The van der Waals surface area contributed by atoms with Crippen LogP contribution >= 0.6 is 10.7 Å². The highest BCUT2D eigenvalue weighted by Gasteiger charge is 2.38. The van der Waals surface area contributed by atoms with E-state index in [0.29, 0.717) is 5.56 Å². The van der Waals surface area contributed by atoms with Gasteiger partial charge in [0.1, 0.15) is 4.75 Å². The summed E-state index contributed by atoms with van der Waals surface area (Å²) in [4.78, 5) is 11.9. The molecule has 1 rings (SSSR count). The summed E-state index contributed by atoms with van der Waals surface area (Å²) >= 11 is 0. The predicted molar refractivity (Wildman–Crippen MR) is 80.3 cm³/mol. The maximum Gasteiger partial charge on any atom is 0.261 e. The van der Waals surface area contributed by atoms with Crippen molar-refractivity contribution in [1.82, 2.24) is 5.32 Å². The first-order valence-corrected chi connectivity index (χ1v) is 10.1. The van der Waals surface area contributed by atoms with Gasteiger partial charge in [0, 0.05) is 23.5 Å². The summed E-state index contributed by atoms with van der Waals surface area (Å²) in [5.74, 6) is -0.626.